The number of benzene rings is 1. The number of H-pyrrole nitrogens is 1. The van der Waals surface area contributed by atoms with E-state index in [-0.39, 0.29) is 97.0 Å². The van der Waals surface area contributed by atoms with Crippen LogP contribution in [0.15, 0.2) is 66.4 Å². The predicted molar refractivity (Wildman–Crippen MR) is 298 cm³/mol. The molecule has 31 nitrogen and oxygen atoms in total. The molecule has 8 heterocycles. The summed E-state index contributed by atoms with van der Waals surface area (Å²) in [4.78, 5) is 123. The van der Waals surface area contributed by atoms with Gasteiger partial charge >= 0.3 is 22.6 Å². The average Bonchev–Trinajstić information content (AvgIpc) is 1.73. The lowest BCUT2D eigenvalue weighted by Gasteiger charge is -2.24. The quantitative estimate of drug-likeness (QED) is 0.0349. The number of amides is 7. The van der Waals surface area contributed by atoms with E-state index in [4.69, 9.17) is 32.3 Å². The Hall–Kier alpha value is -7.67. The Labute approximate surface area is 489 Å². The number of hydrogen-bond acceptors (Lipinski definition) is 22. The highest BCUT2D eigenvalue weighted by Gasteiger charge is 2.49. The summed E-state index contributed by atoms with van der Waals surface area (Å²) in [5, 5.41) is 21.6. The first-order chi connectivity index (χ1) is 41.2. The number of rotatable bonds is 21. The molecule has 7 amide bonds. The molecular formula is C52H64FN13O18P2. The normalized spacial score (nSPS) is 23.9. The number of anilines is 2. The minimum absolute atomic E-state index is 0.0295. The van der Waals surface area contributed by atoms with Crippen LogP contribution >= 0.6 is 16.5 Å². The van der Waals surface area contributed by atoms with Crippen LogP contribution in [0.3, 0.4) is 0 Å². The number of aromatic nitrogens is 7. The lowest BCUT2D eigenvalue weighted by Crippen LogP contribution is -2.53. The van der Waals surface area contributed by atoms with E-state index in [1.54, 1.807) is 38.1 Å². The van der Waals surface area contributed by atoms with Gasteiger partial charge in [0.15, 0.2) is 34.7 Å². The second-order valence-electron chi connectivity index (χ2n) is 20.9. The molecule has 1 aromatic carbocycles. The van der Waals surface area contributed by atoms with Gasteiger partial charge in [0.25, 0.3) is 17.4 Å². The zero-order chi connectivity index (χ0) is 61.3. The van der Waals surface area contributed by atoms with E-state index < -0.39 is 120 Å². The summed E-state index contributed by atoms with van der Waals surface area (Å²) in [6.45, 7) is 4.42. The largest absolute Gasteiger partial charge is 0.445 e. The first kappa shape index (κ1) is 62.8. The number of ether oxygens (including phenoxy) is 3. The fourth-order valence-electron chi connectivity index (χ4n) is 9.84. The molecule has 0 saturated carbocycles. The smallest absolute Gasteiger partial charge is 0.409 e. The number of aromatic amines is 1. The van der Waals surface area contributed by atoms with Gasteiger partial charge in [-0.2, -0.15) is 0 Å². The minimum atomic E-state index is -3.48. The number of hydrogen-bond donors (Lipinski definition) is 6. The average molecular weight is 1240 g/mol. The number of aliphatic hydroxyl groups excluding tert-OH is 1. The maximum atomic E-state index is 14.9. The molecule has 3 saturated heterocycles. The van der Waals surface area contributed by atoms with E-state index in [1.807, 2.05) is 0 Å². The predicted octanol–water partition coefficient (Wildman–Crippen LogP) is 2.90. The van der Waals surface area contributed by atoms with Gasteiger partial charge in [-0.15, -0.1) is 0 Å². The van der Waals surface area contributed by atoms with Crippen molar-refractivity contribution >= 4 is 91.7 Å². The first-order valence-electron chi connectivity index (χ1n) is 27.5. The van der Waals surface area contributed by atoms with E-state index in [9.17, 15) is 57.0 Å². The van der Waals surface area contributed by atoms with E-state index in [0.717, 1.165) is 22.0 Å². The number of nitrogens with zero attached hydrogens (tertiary/aromatic N) is 8. The van der Waals surface area contributed by atoms with Crippen molar-refractivity contribution < 1.29 is 84.5 Å². The molecule has 0 radical (unpaired) electrons. The van der Waals surface area contributed by atoms with E-state index in [0.29, 0.717) is 30.5 Å². The fraction of sp³-hybridized carbons (Fsp3) is 0.500. The number of unbranched alkanes of at least 4 members (excludes halogenated alkanes) is 2. The third-order valence-electron chi connectivity index (χ3n) is 14.5. The lowest BCUT2D eigenvalue weighted by molar-refractivity contribution is -0.137. The van der Waals surface area contributed by atoms with Crippen molar-refractivity contribution in [3.8, 4) is 0 Å². The van der Waals surface area contributed by atoms with Crippen LogP contribution in [-0.4, -0.2) is 166 Å². The van der Waals surface area contributed by atoms with Crippen molar-refractivity contribution in [2.75, 3.05) is 44.0 Å². The van der Waals surface area contributed by atoms with Gasteiger partial charge < -0.3 is 68.6 Å². The second-order valence-corrected chi connectivity index (χ2v) is 23.0. The molecule has 0 aliphatic carbocycles. The standard InChI is InChI=1S/C52H64FN13O18P2/c1-27(2)41(61-35(67)9-6-5-7-18-64-37(69)15-16-38(64)70)50(74)59-28(3)48(72)60-30-13-11-29(12-14-30)21-78-52(75)63(4)17-8-10-36(68)62-45-42-47(56-24-54-45)66(26-58-42)39-19-32-33(81-39)22-79-86(77)84-44-43(71)34(23-80-85(76)83-32)82-51(44)65-20-31(53)40-46(65)55-25-57-49(40)73/h11-16,20,24-28,32-34,39,41,43-44,51,71,85-86H,5-10,17-19,21-23H2,1-4H3,(H,59,74)(H,60,72)(H,61,67)(H,55,57,73)(H,54,56,62,68)/t28-,32-,33+,34+,39+,41-,43+,44+,51+/m0/s1. The highest BCUT2D eigenvalue weighted by molar-refractivity contribution is 7.33. The van der Waals surface area contributed by atoms with Crippen molar-refractivity contribution in [2.24, 2.45) is 5.92 Å². The van der Waals surface area contributed by atoms with Gasteiger partial charge in [-0.05, 0) is 49.8 Å². The molecular weight excluding hydrogens is 1180 g/mol. The minimum Gasteiger partial charge on any atom is -0.445 e. The molecule has 4 aliphatic heterocycles. The van der Waals surface area contributed by atoms with Crippen LogP contribution in [0.2, 0.25) is 0 Å². The van der Waals surface area contributed by atoms with Gasteiger partial charge in [0, 0.05) is 63.4 Å². The van der Waals surface area contributed by atoms with Crippen molar-refractivity contribution in [3.63, 3.8) is 0 Å². The molecule has 11 atom stereocenters. The molecule has 34 heteroatoms. The fourth-order valence-corrected chi connectivity index (χ4v) is 11.5. The van der Waals surface area contributed by atoms with Crippen LogP contribution in [0.5, 0.6) is 0 Å². The van der Waals surface area contributed by atoms with Gasteiger partial charge in [0.05, 0.1) is 32.0 Å². The molecule has 9 rings (SSSR count). The van der Waals surface area contributed by atoms with Crippen LogP contribution in [0.1, 0.15) is 83.7 Å². The Bertz CT molecular complexity index is 3470. The van der Waals surface area contributed by atoms with Gasteiger partial charge in [-0.25, -0.2) is 29.1 Å². The molecule has 4 aromatic heterocycles. The molecule has 462 valence electrons. The molecule has 2 unspecified atom stereocenters. The molecule has 6 N–H and O–H groups in total. The molecule has 0 spiro atoms. The highest BCUT2D eigenvalue weighted by Crippen LogP contribution is 2.44. The zero-order valence-corrected chi connectivity index (χ0v) is 48.9. The Morgan fingerprint density at radius 2 is 1.55 bits per heavy atom. The SMILES string of the molecule is CC(C)[C@H](NC(=O)CCCCCN1C(=O)C=CC1=O)C(=O)N[C@@H](C)C(=O)Nc1ccc(COC(=O)N(C)CCCC(=O)Nc2ncnc3c2ncn3[C@H]2C[C@@H]3O[PH](=O)OC[C@H]4O[C@@H](n5cc(F)c6c(=O)[nH]cnc65)[C@H](O[PH](=O)OC[C@H]3O2)[C@@H]4O)cc1. The summed E-state index contributed by atoms with van der Waals surface area (Å²) in [5.41, 5.74) is 0.528. The molecule has 2 bridgehead atoms. The third kappa shape index (κ3) is 15.1. The van der Waals surface area contributed by atoms with Crippen molar-refractivity contribution in [1.29, 1.82) is 0 Å². The number of imide groups is 1. The van der Waals surface area contributed by atoms with Crippen LogP contribution < -0.4 is 26.8 Å². The van der Waals surface area contributed by atoms with E-state index >= 15 is 0 Å². The van der Waals surface area contributed by atoms with E-state index in [1.165, 1.54) is 48.2 Å². The van der Waals surface area contributed by atoms with Gasteiger partial charge in [0.2, 0.25) is 23.6 Å². The first-order valence-corrected chi connectivity index (χ1v) is 30.0. The number of imidazole rings is 1. The summed E-state index contributed by atoms with van der Waals surface area (Å²) in [5.74, 6) is -3.71. The number of carbonyl (C=O) groups excluding carboxylic acids is 7. The van der Waals surface area contributed by atoms with Gasteiger partial charge in [-0.3, -0.25) is 56.7 Å². The second kappa shape index (κ2) is 28.2. The maximum absolute atomic E-state index is 14.9. The highest BCUT2D eigenvalue weighted by atomic mass is 31.1. The van der Waals surface area contributed by atoms with E-state index in [2.05, 4.69) is 46.2 Å². The number of carbonyl (C=O) groups is 7. The summed E-state index contributed by atoms with van der Waals surface area (Å²) < 4.78 is 84.3. The van der Waals surface area contributed by atoms with Crippen molar-refractivity contribution in [3.05, 3.63) is 83.3 Å². The van der Waals surface area contributed by atoms with Crippen LogP contribution in [0.4, 0.5) is 20.7 Å². The van der Waals surface area contributed by atoms with Crippen LogP contribution in [0.25, 0.3) is 22.2 Å². The van der Waals surface area contributed by atoms with Crippen LogP contribution in [-0.2, 0) is 76.8 Å². The summed E-state index contributed by atoms with van der Waals surface area (Å²) >= 11 is 0. The Kier molecular flexibility index (Phi) is 20.6. The molecule has 5 aromatic rings. The monoisotopic (exact) mass is 1240 g/mol. The Morgan fingerprint density at radius 3 is 2.29 bits per heavy atom. The summed E-state index contributed by atoms with van der Waals surface area (Å²) in [7, 11) is -5.30. The molecule has 4 aliphatic rings. The Balaban J connectivity index is 0.691. The van der Waals surface area contributed by atoms with Gasteiger partial charge in [0.1, 0.15) is 61.0 Å². The zero-order valence-electron chi connectivity index (χ0n) is 46.9. The lowest BCUT2D eigenvalue weighted by atomic mass is 10.0. The summed E-state index contributed by atoms with van der Waals surface area (Å²) in [6.07, 6.45) is -0.154. The third-order valence-corrected chi connectivity index (χ3v) is 16.2. The molecule has 86 heavy (non-hydrogen) atoms. The number of nitrogens with one attached hydrogen (secondary N) is 5. The summed E-state index contributed by atoms with van der Waals surface area (Å²) in [6, 6.07) is 4.62. The number of halogens is 1. The molecule has 3 fully saturated rings. The number of fused-ring (bicyclic) bond motifs is 5. The number of aliphatic hydroxyl groups is 1. The van der Waals surface area contributed by atoms with Crippen molar-refractivity contribution in [2.45, 2.75) is 127 Å². The topological polar surface area (TPSA) is 387 Å². The Morgan fingerprint density at radius 1 is 0.826 bits per heavy atom. The van der Waals surface area contributed by atoms with Crippen molar-refractivity contribution in [1.82, 2.24) is 54.5 Å². The van der Waals surface area contributed by atoms with Crippen LogP contribution in [0, 0.1) is 11.7 Å². The van der Waals surface area contributed by atoms with Gasteiger partial charge in [-0.1, -0.05) is 32.4 Å². The maximum Gasteiger partial charge on any atom is 0.409 e.